The van der Waals surface area contributed by atoms with Gasteiger partial charge in [0.2, 0.25) is 0 Å². The van der Waals surface area contributed by atoms with E-state index in [1.165, 1.54) is 5.56 Å². The van der Waals surface area contributed by atoms with E-state index < -0.39 is 0 Å². The second kappa shape index (κ2) is 7.27. The molecule has 96 valence electrons. The van der Waals surface area contributed by atoms with Crippen molar-refractivity contribution in [2.75, 3.05) is 12.3 Å². The molecule has 1 aromatic carbocycles. The van der Waals surface area contributed by atoms with Gasteiger partial charge < -0.3 is 9.87 Å². The maximum Gasteiger partial charge on any atom is 0.0408 e. The first kappa shape index (κ1) is 14.8. The molecule has 0 saturated carbocycles. The summed E-state index contributed by atoms with van der Waals surface area (Å²) in [6.07, 6.45) is 1.92. The van der Waals surface area contributed by atoms with Crippen LogP contribution in [0.2, 0.25) is 5.02 Å². The lowest BCUT2D eigenvalue weighted by molar-refractivity contribution is 0.387. The van der Waals surface area contributed by atoms with Crippen molar-refractivity contribution >= 4 is 23.6 Å². The summed E-state index contributed by atoms with van der Waals surface area (Å²) in [4.78, 5) is 0. The second-order valence-electron chi connectivity index (χ2n) is 4.80. The Kier molecular flexibility index (Phi) is 6.34. The van der Waals surface area contributed by atoms with Crippen molar-refractivity contribution in [2.24, 2.45) is 0 Å². The molecule has 4 heteroatoms. The highest BCUT2D eigenvalue weighted by Crippen LogP contribution is 2.16. The van der Waals surface area contributed by atoms with Crippen LogP contribution in [0.15, 0.2) is 24.3 Å². The van der Waals surface area contributed by atoms with Crippen LogP contribution in [0.25, 0.3) is 0 Å². The Labute approximate surface area is 113 Å². The lowest BCUT2D eigenvalue weighted by Gasteiger charge is -2.26. The van der Waals surface area contributed by atoms with E-state index in [9.17, 15) is 0 Å². The quantitative estimate of drug-likeness (QED) is 0.585. The van der Waals surface area contributed by atoms with Gasteiger partial charge in [0.05, 0.1) is 0 Å². The molecule has 0 bridgehead atoms. The molecule has 0 fully saturated rings. The minimum absolute atomic E-state index is 0.0464. The third-order valence-corrected chi connectivity index (χ3v) is 3.26. The molecular weight excluding hydrogens is 254 g/mol. The van der Waals surface area contributed by atoms with Crippen LogP contribution in [0, 0.1) is 0 Å². The van der Waals surface area contributed by atoms with Gasteiger partial charge in [-0.05, 0) is 63.0 Å². The molecule has 2 N–H and O–H groups in total. The molecule has 0 spiro atoms. The average Bonchev–Trinajstić information content (AvgIpc) is 2.24. The third kappa shape index (κ3) is 6.32. The highest BCUT2D eigenvalue weighted by atomic mass is 35.5. The Morgan fingerprint density at radius 1 is 1.41 bits per heavy atom. The van der Waals surface area contributed by atoms with E-state index in [0.717, 1.165) is 42.2 Å². The first-order valence-corrected chi connectivity index (χ1v) is 7.11. The van der Waals surface area contributed by atoms with Gasteiger partial charge in [-0.15, -0.1) is 0 Å². The topological polar surface area (TPSA) is 32.3 Å². The van der Waals surface area contributed by atoms with Crippen LogP contribution in [0.3, 0.4) is 0 Å². The average molecular weight is 274 g/mol. The summed E-state index contributed by atoms with van der Waals surface area (Å²) in [6.45, 7) is 5.28. The van der Waals surface area contributed by atoms with Gasteiger partial charge in [-0.2, -0.15) is 0 Å². The molecule has 0 amide bonds. The maximum absolute atomic E-state index is 8.64. The van der Waals surface area contributed by atoms with Gasteiger partial charge in [0.25, 0.3) is 0 Å². The maximum atomic E-state index is 8.64. The Morgan fingerprint density at radius 2 is 2.18 bits per heavy atom. The van der Waals surface area contributed by atoms with Crippen molar-refractivity contribution in [3.05, 3.63) is 34.9 Å². The summed E-state index contributed by atoms with van der Waals surface area (Å²) in [6, 6.07) is 7.98. The van der Waals surface area contributed by atoms with Crippen molar-refractivity contribution < 1.29 is 4.55 Å². The molecule has 0 saturated heterocycles. The van der Waals surface area contributed by atoms with E-state index in [-0.39, 0.29) is 5.54 Å². The molecule has 17 heavy (non-hydrogen) atoms. The number of rotatable bonds is 7. The Balaban J connectivity index is 2.42. The summed E-state index contributed by atoms with van der Waals surface area (Å²) >= 11 is 6.87. The molecule has 0 unspecified atom stereocenters. The van der Waals surface area contributed by atoms with E-state index in [2.05, 4.69) is 25.2 Å². The molecule has 0 atom stereocenters. The van der Waals surface area contributed by atoms with Crippen LogP contribution in [0.5, 0.6) is 0 Å². The van der Waals surface area contributed by atoms with Crippen molar-refractivity contribution in [2.45, 2.75) is 32.2 Å². The largest absolute Gasteiger partial charge is 0.330 e. The predicted molar refractivity (Wildman–Crippen MR) is 76.9 cm³/mol. The van der Waals surface area contributed by atoms with Crippen molar-refractivity contribution in [3.63, 3.8) is 0 Å². The highest BCUT2D eigenvalue weighted by molar-refractivity contribution is 7.93. The number of nitrogens with one attached hydrogen (secondary N) is 1. The SMILES string of the molecule is CC(C)(Cc1cccc(Cl)c1)NCCCSO. The minimum Gasteiger partial charge on any atom is -0.330 e. The Bertz CT molecular complexity index is 344. The van der Waals surface area contributed by atoms with Crippen molar-refractivity contribution in [1.29, 1.82) is 0 Å². The van der Waals surface area contributed by atoms with Gasteiger partial charge in [0.15, 0.2) is 0 Å². The summed E-state index contributed by atoms with van der Waals surface area (Å²) in [5.41, 5.74) is 1.29. The fourth-order valence-corrected chi connectivity index (χ4v) is 2.27. The van der Waals surface area contributed by atoms with Crippen molar-refractivity contribution in [3.8, 4) is 0 Å². The van der Waals surface area contributed by atoms with Gasteiger partial charge >= 0.3 is 0 Å². The molecule has 0 aliphatic carbocycles. The van der Waals surface area contributed by atoms with Crippen LogP contribution in [-0.2, 0) is 6.42 Å². The minimum atomic E-state index is 0.0464. The smallest absolute Gasteiger partial charge is 0.0408 e. The monoisotopic (exact) mass is 273 g/mol. The lowest BCUT2D eigenvalue weighted by atomic mass is 9.95. The summed E-state index contributed by atoms with van der Waals surface area (Å²) in [5, 5.41) is 4.28. The molecule has 0 aliphatic heterocycles. The molecule has 1 aromatic rings. The molecule has 0 heterocycles. The molecule has 2 nitrogen and oxygen atoms in total. The number of hydrogen-bond donors (Lipinski definition) is 2. The Morgan fingerprint density at radius 3 is 2.82 bits per heavy atom. The standard InChI is InChI=1S/C13H20ClNOS/c1-13(2,15-7-4-8-17-16)10-11-5-3-6-12(14)9-11/h3,5-6,9,15-16H,4,7-8,10H2,1-2H3. The van der Waals surface area contributed by atoms with Crippen LogP contribution in [0.1, 0.15) is 25.8 Å². The molecule has 1 rings (SSSR count). The first-order valence-electron chi connectivity index (χ1n) is 5.79. The highest BCUT2D eigenvalue weighted by Gasteiger charge is 2.17. The zero-order valence-electron chi connectivity index (χ0n) is 10.4. The molecule has 0 aliphatic rings. The second-order valence-corrected chi connectivity index (χ2v) is 5.91. The van der Waals surface area contributed by atoms with Crippen LogP contribution < -0.4 is 5.32 Å². The van der Waals surface area contributed by atoms with Crippen LogP contribution in [0.4, 0.5) is 0 Å². The Hall–Kier alpha value is -0.220. The fourth-order valence-electron chi connectivity index (χ4n) is 1.78. The summed E-state index contributed by atoms with van der Waals surface area (Å²) in [7, 11) is 0. The van der Waals surface area contributed by atoms with Gasteiger partial charge in [-0.1, -0.05) is 23.7 Å². The summed E-state index contributed by atoms with van der Waals surface area (Å²) in [5.74, 6) is 0.778. The molecule has 0 radical (unpaired) electrons. The van der Waals surface area contributed by atoms with Crippen LogP contribution in [-0.4, -0.2) is 22.4 Å². The van der Waals surface area contributed by atoms with Gasteiger partial charge in [-0.25, -0.2) is 0 Å². The van der Waals surface area contributed by atoms with Crippen molar-refractivity contribution in [1.82, 2.24) is 5.32 Å². The van der Waals surface area contributed by atoms with Gasteiger partial charge in [0.1, 0.15) is 0 Å². The number of hydrogen-bond acceptors (Lipinski definition) is 3. The molecule has 0 aromatic heterocycles. The third-order valence-electron chi connectivity index (χ3n) is 2.55. The number of halogens is 1. The zero-order valence-corrected chi connectivity index (χ0v) is 11.9. The van der Waals surface area contributed by atoms with E-state index in [1.807, 2.05) is 18.2 Å². The van der Waals surface area contributed by atoms with E-state index in [1.54, 1.807) is 0 Å². The first-order chi connectivity index (χ1) is 8.03. The van der Waals surface area contributed by atoms with Gasteiger partial charge in [-0.3, -0.25) is 0 Å². The van der Waals surface area contributed by atoms with Gasteiger partial charge in [0, 0.05) is 16.3 Å². The summed E-state index contributed by atoms with van der Waals surface area (Å²) < 4.78 is 8.64. The number of benzene rings is 1. The van der Waals surface area contributed by atoms with Crippen LogP contribution >= 0.6 is 23.6 Å². The van der Waals surface area contributed by atoms with E-state index in [4.69, 9.17) is 16.2 Å². The zero-order chi connectivity index (χ0) is 12.7. The predicted octanol–water partition coefficient (Wildman–Crippen LogP) is 3.85. The molecular formula is C13H20ClNOS. The van der Waals surface area contributed by atoms with E-state index >= 15 is 0 Å². The van der Waals surface area contributed by atoms with E-state index in [0.29, 0.717) is 0 Å². The normalized spacial score (nSPS) is 11.8. The fraction of sp³-hybridized carbons (Fsp3) is 0.538. The lowest BCUT2D eigenvalue weighted by Crippen LogP contribution is -2.41.